The number of fused-ring (bicyclic) bond motifs is 4. The number of hydrogen-bond acceptors (Lipinski definition) is 8. The smallest absolute Gasteiger partial charge is 0.344 e. The van der Waals surface area contributed by atoms with Gasteiger partial charge in [0, 0.05) is 45.8 Å². The van der Waals surface area contributed by atoms with Crippen LogP contribution in [0.1, 0.15) is 0 Å². The second kappa shape index (κ2) is 13.3. The zero-order valence-corrected chi connectivity index (χ0v) is 30.9. The molecule has 57 heavy (non-hydrogen) atoms. The van der Waals surface area contributed by atoms with Crippen molar-refractivity contribution in [1.29, 1.82) is 0 Å². The summed E-state index contributed by atoms with van der Waals surface area (Å²) in [6, 6.07) is 53.6. The Morgan fingerprint density at radius 2 is 0.684 bits per heavy atom. The molecule has 8 nitrogen and oxygen atoms in total. The van der Waals surface area contributed by atoms with Crippen LogP contribution in [0.15, 0.2) is 207 Å². The maximum absolute atomic E-state index is 13.4. The number of rotatable bonds is 6. The van der Waals surface area contributed by atoms with E-state index in [1.54, 1.807) is 24.3 Å². The first-order valence-corrected chi connectivity index (χ1v) is 20.2. The summed E-state index contributed by atoms with van der Waals surface area (Å²) in [7, 11) is -3.01. The minimum atomic E-state index is -3.01. The van der Waals surface area contributed by atoms with Crippen LogP contribution in [0.3, 0.4) is 0 Å². The Labute approximate surface area is 323 Å². The molecule has 0 bridgehead atoms. The fourth-order valence-corrected chi connectivity index (χ4v) is 12.7. The zero-order valence-electron chi connectivity index (χ0n) is 29.9. The van der Waals surface area contributed by atoms with E-state index in [2.05, 4.69) is 48.5 Å². The summed E-state index contributed by atoms with van der Waals surface area (Å²) >= 11 is 0. The van der Waals surface area contributed by atoms with Gasteiger partial charge in [-0.05, 0) is 68.3 Å². The Morgan fingerprint density at radius 3 is 1.09 bits per heavy atom. The van der Waals surface area contributed by atoms with Crippen molar-refractivity contribution in [3.05, 3.63) is 212 Å². The second-order valence-electron chi connectivity index (χ2n) is 13.9. The fourth-order valence-electron chi connectivity index (χ4n) is 7.95. The lowest BCUT2D eigenvalue weighted by Gasteiger charge is -2.34. The predicted molar refractivity (Wildman–Crippen MR) is 225 cm³/mol. The summed E-state index contributed by atoms with van der Waals surface area (Å²) in [5.41, 5.74) is 1.61. The summed E-state index contributed by atoms with van der Waals surface area (Å²) in [5, 5.41) is 7.34. The molecule has 6 aromatic carbocycles. The highest BCUT2D eigenvalue weighted by Gasteiger charge is 2.41. The van der Waals surface area contributed by atoms with Crippen LogP contribution in [0, 0.1) is 0 Å². The van der Waals surface area contributed by atoms with Crippen molar-refractivity contribution in [2.75, 3.05) is 0 Å². The summed E-state index contributed by atoms with van der Waals surface area (Å²) in [6.07, 6.45) is 0. The summed E-state index contributed by atoms with van der Waals surface area (Å²) in [6.45, 7) is 0. The lowest BCUT2D eigenvalue weighted by atomic mass is 10.1. The van der Waals surface area contributed by atoms with Gasteiger partial charge in [0.1, 0.15) is 22.3 Å². The van der Waals surface area contributed by atoms with E-state index < -0.39 is 30.6 Å². The molecule has 0 spiro atoms. The molecule has 0 unspecified atom stereocenters. The number of benzene rings is 6. The molecule has 0 radical (unpaired) electrons. The van der Waals surface area contributed by atoms with Gasteiger partial charge in [-0.1, -0.05) is 109 Å². The largest absolute Gasteiger partial charge is 0.423 e. The molecule has 0 aliphatic rings. The minimum Gasteiger partial charge on any atom is -0.423 e. The van der Waals surface area contributed by atoms with E-state index in [0.717, 1.165) is 31.5 Å². The van der Waals surface area contributed by atoms with E-state index >= 15 is 0 Å². The highest BCUT2D eigenvalue weighted by Crippen LogP contribution is 2.27. The molecular weight excluding hydrogens is 733 g/mol. The maximum Gasteiger partial charge on any atom is 0.344 e. The molecule has 0 atom stereocenters. The van der Waals surface area contributed by atoms with Gasteiger partial charge in [-0.25, -0.2) is 19.2 Å². The van der Waals surface area contributed by atoms with Crippen LogP contribution in [0.25, 0.3) is 66.1 Å². The molecule has 9 heteroatoms. The van der Waals surface area contributed by atoms with Crippen LogP contribution in [0.2, 0.25) is 0 Å². The van der Waals surface area contributed by atoms with Crippen LogP contribution in [-0.4, -0.2) is 8.07 Å². The van der Waals surface area contributed by atoms with Gasteiger partial charge in [0.25, 0.3) is 0 Å². The Bertz CT molecular complexity index is 3190. The Balaban J connectivity index is 1.11. The van der Waals surface area contributed by atoms with Gasteiger partial charge in [0.15, 0.2) is 8.07 Å². The first-order chi connectivity index (χ1) is 27.8. The van der Waals surface area contributed by atoms with Crippen molar-refractivity contribution in [2.45, 2.75) is 0 Å². The molecule has 0 fully saturated rings. The average molecular weight is 761 g/mol. The van der Waals surface area contributed by atoms with Crippen molar-refractivity contribution in [3.8, 4) is 22.3 Å². The van der Waals surface area contributed by atoms with Crippen molar-refractivity contribution in [3.63, 3.8) is 0 Å². The molecule has 0 saturated carbocycles. The van der Waals surface area contributed by atoms with Crippen molar-refractivity contribution in [1.82, 2.24) is 0 Å². The highest BCUT2D eigenvalue weighted by atomic mass is 28.3. The minimum absolute atomic E-state index is 0.329. The SMILES string of the molecule is O=c1ccc2cc3cc(-c4ccc([Si](c5ccccc5)(c5ccccc5)c5ccc(-c6cc7cc8ccc(=O)oc8cc7oc6=O)cc5)cc4)c(=O)oc3cc2o1. The molecule has 4 heterocycles. The van der Waals surface area contributed by atoms with Crippen LogP contribution in [-0.2, 0) is 0 Å². The fraction of sp³-hybridized carbons (Fsp3) is 0. The molecule has 0 amide bonds. The van der Waals surface area contributed by atoms with Crippen molar-refractivity contribution < 1.29 is 17.7 Å². The molecule has 0 saturated heterocycles. The molecule has 0 aliphatic carbocycles. The van der Waals surface area contributed by atoms with Gasteiger partial charge in [-0.2, -0.15) is 0 Å². The van der Waals surface area contributed by atoms with Gasteiger partial charge in [-0.15, -0.1) is 0 Å². The molecule has 4 aromatic heterocycles. The molecule has 0 aliphatic heterocycles. The van der Waals surface area contributed by atoms with Crippen LogP contribution in [0.4, 0.5) is 0 Å². The third-order valence-corrected chi connectivity index (χ3v) is 15.4. The van der Waals surface area contributed by atoms with Gasteiger partial charge < -0.3 is 17.7 Å². The molecule has 10 rings (SSSR count). The second-order valence-corrected chi connectivity index (χ2v) is 17.7. The molecule has 10 aromatic rings. The number of hydrogen-bond donors (Lipinski definition) is 0. The van der Waals surface area contributed by atoms with E-state index in [1.165, 1.54) is 12.1 Å². The summed E-state index contributed by atoms with van der Waals surface area (Å²) in [4.78, 5) is 50.4. The van der Waals surface area contributed by atoms with Gasteiger partial charge >= 0.3 is 22.5 Å². The van der Waals surface area contributed by atoms with E-state index in [0.29, 0.717) is 55.4 Å². The van der Waals surface area contributed by atoms with Crippen LogP contribution < -0.4 is 43.2 Å². The van der Waals surface area contributed by atoms with Gasteiger partial charge in [0.2, 0.25) is 0 Å². The molecule has 272 valence electrons. The average Bonchev–Trinajstić information content (AvgIpc) is 3.23. The first kappa shape index (κ1) is 33.9. The quantitative estimate of drug-likeness (QED) is 0.0784. The highest BCUT2D eigenvalue weighted by molar-refractivity contribution is 7.19. The van der Waals surface area contributed by atoms with Gasteiger partial charge in [0.05, 0.1) is 11.1 Å². The normalized spacial score (nSPS) is 11.8. The Morgan fingerprint density at radius 1 is 0.316 bits per heavy atom. The lowest BCUT2D eigenvalue weighted by Crippen LogP contribution is -2.74. The third-order valence-electron chi connectivity index (χ3n) is 10.6. The molecule has 0 N–H and O–H groups in total. The topological polar surface area (TPSA) is 121 Å². The van der Waals surface area contributed by atoms with Crippen LogP contribution in [0.5, 0.6) is 0 Å². The van der Waals surface area contributed by atoms with Gasteiger partial charge in [-0.3, -0.25) is 0 Å². The zero-order chi connectivity index (χ0) is 38.7. The van der Waals surface area contributed by atoms with E-state index in [4.69, 9.17) is 17.7 Å². The first-order valence-electron chi connectivity index (χ1n) is 18.2. The van der Waals surface area contributed by atoms with Crippen molar-refractivity contribution in [2.24, 2.45) is 0 Å². The van der Waals surface area contributed by atoms with Crippen LogP contribution >= 0.6 is 0 Å². The Hall–Kier alpha value is -7.62. The Kier molecular flexibility index (Phi) is 7.91. The lowest BCUT2D eigenvalue weighted by molar-refractivity contribution is 0.550. The van der Waals surface area contributed by atoms with E-state index in [9.17, 15) is 19.2 Å². The van der Waals surface area contributed by atoms with E-state index in [-0.39, 0.29) is 0 Å². The monoisotopic (exact) mass is 760 g/mol. The van der Waals surface area contributed by atoms with Crippen molar-refractivity contribution >= 4 is 72.7 Å². The maximum atomic E-state index is 13.4. The molecular formula is C48H28O8Si. The standard InChI is InChI=1S/C48H28O8Si/c49-45-21-15-31-23-33-25-39(47(51)55-43(33)27-41(31)53-45)29-11-17-37(18-12-29)57(35-7-3-1-4-8-35,36-9-5-2-6-10-36)38-19-13-30(14-20-38)40-26-34-24-32-16-22-46(50)54-42(32)28-44(34)56-48(40)52/h1-28H. The third kappa shape index (κ3) is 5.76. The summed E-state index contributed by atoms with van der Waals surface area (Å²) < 4.78 is 22.1. The summed E-state index contributed by atoms with van der Waals surface area (Å²) in [5.74, 6) is 0. The van der Waals surface area contributed by atoms with E-state index in [1.807, 2.05) is 84.9 Å². The predicted octanol–water partition coefficient (Wildman–Crippen LogP) is 6.82.